The maximum Gasteiger partial charge on any atom is 0.326 e. The number of carbonyl (C=O) groups is 1. The Morgan fingerprint density at radius 3 is 2.53 bits per heavy atom. The van der Waals surface area contributed by atoms with Gasteiger partial charge in [-0.3, -0.25) is 4.79 Å². The summed E-state index contributed by atoms with van der Waals surface area (Å²) < 4.78 is 24.1. The smallest absolute Gasteiger partial charge is 0.326 e. The van der Waals surface area contributed by atoms with Crippen molar-refractivity contribution in [3.8, 4) is 0 Å². The van der Waals surface area contributed by atoms with Gasteiger partial charge in [-0.15, -0.1) is 0 Å². The zero-order chi connectivity index (χ0) is 13.1. The Morgan fingerprint density at radius 1 is 1.41 bits per heavy atom. The van der Waals surface area contributed by atoms with E-state index >= 15 is 0 Å². The molecule has 0 saturated carbocycles. The molecule has 1 aromatic rings. The van der Waals surface area contributed by atoms with Gasteiger partial charge in [0.1, 0.15) is 0 Å². The van der Waals surface area contributed by atoms with Crippen molar-refractivity contribution in [2.24, 2.45) is 0 Å². The molecule has 0 saturated heterocycles. The number of benzene rings is 1. The molecule has 1 unspecified atom stereocenters. The van der Waals surface area contributed by atoms with E-state index in [9.17, 15) is 13.2 Å². The van der Waals surface area contributed by atoms with Crippen LogP contribution in [-0.4, -0.2) is 37.0 Å². The molecule has 0 spiro atoms. The second-order valence-electron chi connectivity index (χ2n) is 3.36. The Kier molecular flexibility index (Phi) is 4.67. The maximum atomic E-state index is 11.7. The summed E-state index contributed by atoms with van der Waals surface area (Å²) in [6, 6.07) is 6.09. The van der Waals surface area contributed by atoms with Crippen molar-refractivity contribution in [1.29, 1.82) is 0 Å². The first kappa shape index (κ1) is 14.1. The lowest BCUT2D eigenvalue weighted by Gasteiger charge is -2.13. The molecule has 0 bridgehead atoms. The van der Waals surface area contributed by atoms with E-state index in [1.165, 1.54) is 12.1 Å². The van der Waals surface area contributed by atoms with Crippen molar-refractivity contribution >= 4 is 31.7 Å². The van der Waals surface area contributed by atoms with E-state index in [1.54, 1.807) is 12.1 Å². The number of aliphatic hydroxyl groups is 1. The van der Waals surface area contributed by atoms with Gasteiger partial charge in [-0.1, -0.05) is 28.1 Å². The lowest BCUT2D eigenvalue weighted by molar-refractivity contribution is -0.136. The Labute approximate surface area is 107 Å². The van der Waals surface area contributed by atoms with Gasteiger partial charge in [0.25, 0.3) is 0 Å². The second-order valence-corrected chi connectivity index (χ2v) is 6.48. The fourth-order valence-corrected chi connectivity index (χ4v) is 3.19. The normalized spacial score (nSPS) is 13.3. The van der Waals surface area contributed by atoms with Crippen LogP contribution in [0.5, 0.6) is 0 Å². The summed E-state index contributed by atoms with van der Waals surface area (Å²) in [5.74, 6) is -2.02. The molecule has 0 aromatic heterocycles. The lowest BCUT2D eigenvalue weighted by atomic mass is 10.1. The lowest BCUT2D eigenvalue weighted by Crippen LogP contribution is -2.25. The standard InChI is InChI=1S/C10H11BrO5S/c11-8-3-1-2-7(6-8)9(10(13)14)17(15,16)5-4-12/h1-3,6,9,12H,4-5H2,(H,13,14). The number of rotatable bonds is 5. The summed E-state index contributed by atoms with van der Waals surface area (Å²) in [6.07, 6.45) is 0. The van der Waals surface area contributed by atoms with Gasteiger partial charge >= 0.3 is 5.97 Å². The highest BCUT2D eigenvalue weighted by atomic mass is 79.9. The minimum absolute atomic E-state index is 0.167. The Balaban J connectivity index is 3.24. The average molecular weight is 323 g/mol. The monoisotopic (exact) mass is 322 g/mol. The van der Waals surface area contributed by atoms with Crippen molar-refractivity contribution in [3.05, 3.63) is 34.3 Å². The van der Waals surface area contributed by atoms with Crippen molar-refractivity contribution in [2.45, 2.75) is 5.25 Å². The first-order valence-electron chi connectivity index (χ1n) is 4.69. The van der Waals surface area contributed by atoms with Crippen LogP contribution < -0.4 is 0 Å². The molecule has 2 N–H and O–H groups in total. The van der Waals surface area contributed by atoms with Crippen LogP contribution >= 0.6 is 15.9 Å². The van der Waals surface area contributed by atoms with E-state index < -0.39 is 33.4 Å². The SMILES string of the molecule is O=C(O)C(c1cccc(Br)c1)S(=O)(=O)CCO. The summed E-state index contributed by atoms with van der Waals surface area (Å²) in [4.78, 5) is 11.1. The number of hydrogen-bond donors (Lipinski definition) is 2. The molecule has 7 heteroatoms. The van der Waals surface area contributed by atoms with Crippen molar-refractivity contribution in [3.63, 3.8) is 0 Å². The number of aliphatic carboxylic acids is 1. The highest BCUT2D eigenvalue weighted by Gasteiger charge is 2.33. The zero-order valence-electron chi connectivity index (χ0n) is 8.71. The summed E-state index contributed by atoms with van der Waals surface area (Å²) in [5, 5.41) is 16.0. The minimum atomic E-state index is -3.91. The van der Waals surface area contributed by atoms with Crippen LogP contribution in [-0.2, 0) is 14.6 Å². The molecular weight excluding hydrogens is 312 g/mol. The highest BCUT2D eigenvalue weighted by Crippen LogP contribution is 2.25. The number of carboxylic acids is 1. The molecule has 0 aliphatic carbocycles. The summed E-state index contributed by atoms with van der Waals surface area (Å²) in [7, 11) is -3.91. The third kappa shape index (κ3) is 3.52. The molecule has 0 aliphatic rings. The molecule has 0 amide bonds. The van der Waals surface area contributed by atoms with Gasteiger partial charge in [-0.05, 0) is 17.7 Å². The number of sulfone groups is 1. The summed E-state index contributed by atoms with van der Waals surface area (Å²) >= 11 is 3.15. The van der Waals surface area contributed by atoms with Gasteiger partial charge < -0.3 is 10.2 Å². The van der Waals surface area contributed by atoms with Crippen LogP contribution in [0.4, 0.5) is 0 Å². The Bertz CT molecular complexity index is 511. The molecule has 5 nitrogen and oxygen atoms in total. The third-order valence-electron chi connectivity index (χ3n) is 2.11. The minimum Gasteiger partial charge on any atom is -0.480 e. The van der Waals surface area contributed by atoms with E-state index in [-0.39, 0.29) is 5.56 Å². The van der Waals surface area contributed by atoms with Crippen LogP contribution in [0.15, 0.2) is 28.7 Å². The van der Waals surface area contributed by atoms with E-state index in [4.69, 9.17) is 10.2 Å². The van der Waals surface area contributed by atoms with Gasteiger partial charge in [-0.25, -0.2) is 8.42 Å². The Morgan fingerprint density at radius 2 is 2.06 bits per heavy atom. The van der Waals surface area contributed by atoms with E-state index in [1.807, 2.05) is 0 Å². The molecule has 1 atom stereocenters. The van der Waals surface area contributed by atoms with Crippen LogP contribution in [0.1, 0.15) is 10.8 Å². The fraction of sp³-hybridized carbons (Fsp3) is 0.300. The molecule has 0 radical (unpaired) electrons. The average Bonchev–Trinajstić information content (AvgIpc) is 2.15. The molecular formula is C10H11BrO5S. The predicted molar refractivity (Wildman–Crippen MR) is 65.4 cm³/mol. The first-order valence-corrected chi connectivity index (χ1v) is 7.20. The zero-order valence-corrected chi connectivity index (χ0v) is 11.1. The van der Waals surface area contributed by atoms with Crippen molar-refractivity contribution in [1.82, 2.24) is 0 Å². The Hall–Kier alpha value is -0.920. The van der Waals surface area contributed by atoms with Crippen LogP contribution in [0.3, 0.4) is 0 Å². The molecule has 0 aliphatic heterocycles. The van der Waals surface area contributed by atoms with Gasteiger partial charge in [0.2, 0.25) is 0 Å². The molecule has 94 valence electrons. The van der Waals surface area contributed by atoms with Gasteiger partial charge in [0, 0.05) is 4.47 Å². The molecule has 0 heterocycles. The quantitative estimate of drug-likeness (QED) is 0.843. The fourth-order valence-electron chi connectivity index (χ4n) is 1.42. The van der Waals surface area contributed by atoms with Crippen LogP contribution in [0.25, 0.3) is 0 Å². The van der Waals surface area contributed by atoms with E-state index in [0.29, 0.717) is 4.47 Å². The van der Waals surface area contributed by atoms with Crippen LogP contribution in [0.2, 0.25) is 0 Å². The molecule has 17 heavy (non-hydrogen) atoms. The highest BCUT2D eigenvalue weighted by molar-refractivity contribution is 9.10. The summed E-state index contributed by atoms with van der Waals surface area (Å²) in [5.41, 5.74) is 0.167. The maximum absolute atomic E-state index is 11.7. The topological polar surface area (TPSA) is 91.7 Å². The molecule has 1 rings (SSSR count). The van der Waals surface area contributed by atoms with E-state index in [2.05, 4.69) is 15.9 Å². The van der Waals surface area contributed by atoms with Crippen molar-refractivity contribution in [2.75, 3.05) is 12.4 Å². The van der Waals surface area contributed by atoms with Gasteiger partial charge in [0.05, 0.1) is 12.4 Å². The third-order valence-corrected chi connectivity index (χ3v) is 4.55. The second kappa shape index (κ2) is 5.61. The van der Waals surface area contributed by atoms with E-state index in [0.717, 1.165) is 0 Å². The number of carboxylic acid groups (broad SMARTS) is 1. The first-order chi connectivity index (χ1) is 7.88. The number of hydrogen-bond acceptors (Lipinski definition) is 4. The molecule has 0 fully saturated rings. The van der Waals surface area contributed by atoms with Crippen molar-refractivity contribution < 1.29 is 23.4 Å². The number of halogens is 1. The van der Waals surface area contributed by atoms with Gasteiger partial charge in [-0.2, -0.15) is 0 Å². The van der Waals surface area contributed by atoms with Gasteiger partial charge in [0.15, 0.2) is 15.1 Å². The molecule has 1 aromatic carbocycles. The summed E-state index contributed by atoms with van der Waals surface area (Å²) in [6.45, 7) is -0.597. The predicted octanol–water partition coefficient (Wildman–Crippen LogP) is 0.982. The van der Waals surface area contributed by atoms with Crippen LogP contribution in [0, 0.1) is 0 Å². The number of aliphatic hydroxyl groups excluding tert-OH is 1. The largest absolute Gasteiger partial charge is 0.480 e.